The second-order valence-corrected chi connectivity index (χ2v) is 3.53. The number of aromatic carboxylic acids is 1. The van der Waals surface area contributed by atoms with Crippen molar-refractivity contribution in [1.82, 2.24) is 4.98 Å². The topological polar surface area (TPSA) is 50.2 Å². The minimum Gasteiger partial charge on any atom is -0.477 e. The predicted octanol–water partition coefficient (Wildman–Crippen LogP) is 3.13. The standard InChI is InChI=1S/C7H3BrClF2NO2/c8-2-1-3(7(13)14)12-5(4(2)9)6(10)11/h1,6H,(H,13,14). The van der Waals surface area contributed by atoms with Gasteiger partial charge in [0.15, 0.2) is 0 Å². The molecule has 7 heteroatoms. The second-order valence-electron chi connectivity index (χ2n) is 2.29. The molecule has 0 bridgehead atoms. The molecule has 76 valence electrons. The van der Waals surface area contributed by atoms with E-state index in [0.717, 1.165) is 6.07 Å². The highest BCUT2D eigenvalue weighted by Gasteiger charge is 2.19. The van der Waals surface area contributed by atoms with Gasteiger partial charge in [0.25, 0.3) is 6.43 Å². The highest BCUT2D eigenvalue weighted by Crippen LogP contribution is 2.31. The van der Waals surface area contributed by atoms with Gasteiger partial charge >= 0.3 is 5.97 Å². The number of carboxylic acid groups (broad SMARTS) is 1. The quantitative estimate of drug-likeness (QED) is 0.908. The molecule has 3 nitrogen and oxygen atoms in total. The van der Waals surface area contributed by atoms with Crippen molar-refractivity contribution in [2.24, 2.45) is 0 Å². The van der Waals surface area contributed by atoms with Gasteiger partial charge in [-0.2, -0.15) is 0 Å². The number of carbonyl (C=O) groups is 1. The molecule has 14 heavy (non-hydrogen) atoms. The molecule has 0 unspecified atom stereocenters. The van der Waals surface area contributed by atoms with Crippen LogP contribution < -0.4 is 0 Å². The Balaban J connectivity index is 3.35. The van der Waals surface area contributed by atoms with E-state index in [4.69, 9.17) is 16.7 Å². The van der Waals surface area contributed by atoms with E-state index in [-0.39, 0.29) is 9.50 Å². The SMILES string of the molecule is O=C(O)c1cc(Br)c(Cl)c(C(F)F)n1. The van der Waals surface area contributed by atoms with Crippen LogP contribution >= 0.6 is 27.5 Å². The third-order valence-electron chi connectivity index (χ3n) is 1.36. The van der Waals surface area contributed by atoms with Crippen LogP contribution in [-0.2, 0) is 0 Å². The van der Waals surface area contributed by atoms with Crippen LogP contribution in [0.15, 0.2) is 10.5 Å². The van der Waals surface area contributed by atoms with Crippen LogP contribution in [0.25, 0.3) is 0 Å². The first kappa shape index (κ1) is 11.3. The van der Waals surface area contributed by atoms with Gasteiger partial charge in [-0.05, 0) is 22.0 Å². The molecule has 1 aromatic rings. The second kappa shape index (κ2) is 4.18. The number of hydrogen-bond acceptors (Lipinski definition) is 2. The van der Waals surface area contributed by atoms with Crippen molar-refractivity contribution in [3.63, 3.8) is 0 Å². The number of nitrogens with zero attached hydrogens (tertiary/aromatic N) is 1. The van der Waals surface area contributed by atoms with Crippen molar-refractivity contribution in [2.75, 3.05) is 0 Å². The van der Waals surface area contributed by atoms with E-state index < -0.39 is 23.8 Å². The largest absolute Gasteiger partial charge is 0.477 e. The molecule has 0 saturated heterocycles. The number of aromatic nitrogens is 1. The summed E-state index contributed by atoms with van der Waals surface area (Å²) >= 11 is 8.35. The van der Waals surface area contributed by atoms with Gasteiger partial charge in [0.1, 0.15) is 11.4 Å². The van der Waals surface area contributed by atoms with E-state index in [1.54, 1.807) is 0 Å². The summed E-state index contributed by atoms with van der Waals surface area (Å²) in [7, 11) is 0. The number of halogens is 4. The number of pyridine rings is 1. The molecule has 1 aromatic heterocycles. The monoisotopic (exact) mass is 285 g/mol. The Morgan fingerprint density at radius 3 is 2.64 bits per heavy atom. The van der Waals surface area contributed by atoms with Gasteiger partial charge in [0.05, 0.1) is 5.02 Å². The molecule has 0 fully saturated rings. The van der Waals surface area contributed by atoms with Crippen LogP contribution in [0.4, 0.5) is 8.78 Å². The molecule has 0 aliphatic carbocycles. The zero-order valence-electron chi connectivity index (χ0n) is 6.47. The van der Waals surface area contributed by atoms with E-state index in [1.807, 2.05) is 0 Å². The zero-order valence-corrected chi connectivity index (χ0v) is 8.81. The molecule has 0 aromatic carbocycles. The van der Waals surface area contributed by atoms with Gasteiger partial charge in [-0.1, -0.05) is 11.6 Å². The fourth-order valence-electron chi connectivity index (χ4n) is 0.771. The van der Waals surface area contributed by atoms with Gasteiger partial charge in [-0.25, -0.2) is 18.6 Å². The molecule has 0 radical (unpaired) electrons. The van der Waals surface area contributed by atoms with E-state index >= 15 is 0 Å². The highest BCUT2D eigenvalue weighted by atomic mass is 79.9. The van der Waals surface area contributed by atoms with Gasteiger partial charge in [0.2, 0.25) is 0 Å². The van der Waals surface area contributed by atoms with Crippen LogP contribution in [0.2, 0.25) is 5.02 Å². The van der Waals surface area contributed by atoms with Crippen molar-refractivity contribution in [3.8, 4) is 0 Å². The minimum absolute atomic E-state index is 0.0851. The van der Waals surface area contributed by atoms with Crippen LogP contribution in [0.3, 0.4) is 0 Å². The lowest BCUT2D eigenvalue weighted by Gasteiger charge is -2.05. The van der Waals surface area contributed by atoms with Crippen molar-refractivity contribution in [2.45, 2.75) is 6.43 Å². The van der Waals surface area contributed by atoms with Crippen molar-refractivity contribution in [1.29, 1.82) is 0 Å². The average Bonchev–Trinajstić information content (AvgIpc) is 2.08. The third kappa shape index (κ3) is 2.19. The molecule has 0 saturated carbocycles. The summed E-state index contributed by atoms with van der Waals surface area (Å²) in [5.74, 6) is -1.38. The summed E-state index contributed by atoms with van der Waals surface area (Å²) in [6, 6.07) is 1.07. The van der Waals surface area contributed by atoms with Gasteiger partial charge in [-0.3, -0.25) is 0 Å². The van der Waals surface area contributed by atoms with Crippen LogP contribution in [0.5, 0.6) is 0 Å². The maximum Gasteiger partial charge on any atom is 0.354 e. The molecule has 0 spiro atoms. The van der Waals surface area contributed by atoms with E-state index in [0.29, 0.717) is 0 Å². The summed E-state index contributed by atoms with van der Waals surface area (Å²) in [5.41, 5.74) is -1.21. The van der Waals surface area contributed by atoms with Crippen molar-refractivity contribution in [3.05, 3.63) is 26.9 Å². The molecule has 1 N–H and O–H groups in total. The molecule has 1 heterocycles. The first-order valence-corrected chi connectivity index (χ1v) is 4.48. The van der Waals surface area contributed by atoms with Crippen LogP contribution in [-0.4, -0.2) is 16.1 Å². The van der Waals surface area contributed by atoms with Crippen LogP contribution in [0, 0.1) is 0 Å². The van der Waals surface area contributed by atoms with Gasteiger partial charge < -0.3 is 5.11 Å². The van der Waals surface area contributed by atoms with Gasteiger partial charge in [-0.15, -0.1) is 0 Å². The normalized spacial score (nSPS) is 10.6. The lowest BCUT2D eigenvalue weighted by atomic mass is 10.3. The lowest BCUT2D eigenvalue weighted by Crippen LogP contribution is -2.04. The number of hydrogen-bond donors (Lipinski definition) is 1. The van der Waals surface area contributed by atoms with E-state index in [2.05, 4.69) is 20.9 Å². The Bertz CT molecular complexity index is 386. The van der Waals surface area contributed by atoms with E-state index in [1.165, 1.54) is 0 Å². The Morgan fingerprint density at radius 1 is 1.64 bits per heavy atom. The molecule has 0 aliphatic rings. The molecule has 1 rings (SSSR count). The zero-order chi connectivity index (χ0) is 10.9. The first-order chi connectivity index (χ1) is 6.43. The van der Waals surface area contributed by atoms with Crippen molar-refractivity contribution < 1.29 is 18.7 Å². The van der Waals surface area contributed by atoms with Gasteiger partial charge in [0, 0.05) is 4.47 Å². The lowest BCUT2D eigenvalue weighted by molar-refractivity contribution is 0.0688. The average molecular weight is 286 g/mol. The Labute approximate surface area is 90.8 Å². The number of rotatable bonds is 2. The molecular formula is C7H3BrClF2NO2. The smallest absolute Gasteiger partial charge is 0.354 e. The Hall–Kier alpha value is -0.750. The highest BCUT2D eigenvalue weighted by molar-refractivity contribution is 9.10. The molecule has 0 atom stereocenters. The van der Waals surface area contributed by atoms with Crippen molar-refractivity contribution >= 4 is 33.5 Å². The van der Waals surface area contributed by atoms with Crippen LogP contribution in [0.1, 0.15) is 22.6 Å². The third-order valence-corrected chi connectivity index (χ3v) is 2.62. The fourth-order valence-corrected chi connectivity index (χ4v) is 1.37. The summed E-state index contributed by atoms with van der Waals surface area (Å²) < 4.78 is 24.7. The summed E-state index contributed by atoms with van der Waals surface area (Å²) in [5, 5.41) is 8.26. The number of alkyl halides is 2. The fraction of sp³-hybridized carbons (Fsp3) is 0.143. The maximum atomic E-state index is 12.3. The van der Waals surface area contributed by atoms with E-state index in [9.17, 15) is 13.6 Å². The molecular weight excluding hydrogens is 283 g/mol. The predicted molar refractivity (Wildman–Crippen MR) is 48.9 cm³/mol. The molecule has 0 aliphatic heterocycles. The summed E-state index contributed by atoms with van der Waals surface area (Å²) in [6.07, 6.45) is -2.90. The molecule has 0 amide bonds. The minimum atomic E-state index is -2.90. The summed E-state index contributed by atoms with van der Waals surface area (Å²) in [4.78, 5) is 13.7. The Kier molecular flexibility index (Phi) is 3.38. The first-order valence-electron chi connectivity index (χ1n) is 3.31. The number of carboxylic acids is 1. The summed E-state index contributed by atoms with van der Waals surface area (Å²) in [6.45, 7) is 0. The Morgan fingerprint density at radius 2 is 2.21 bits per heavy atom. The maximum absolute atomic E-state index is 12.3.